The van der Waals surface area contributed by atoms with Gasteiger partial charge in [-0.05, 0) is 37.6 Å². The molecule has 7 heteroatoms. The van der Waals surface area contributed by atoms with E-state index in [4.69, 9.17) is 21.4 Å². The van der Waals surface area contributed by atoms with Gasteiger partial charge in [0.05, 0.1) is 19.0 Å². The molecule has 2 N–H and O–H groups in total. The number of rotatable bonds is 7. The molecule has 1 fully saturated rings. The van der Waals surface area contributed by atoms with Gasteiger partial charge in [-0.25, -0.2) is 0 Å². The Kier molecular flexibility index (Phi) is 6.67. The van der Waals surface area contributed by atoms with Crippen LogP contribution in [0.15, 0.2) is 24.3 Å². The molecule has 1 atom stereocenters. The molecule has 1 aromatic carbocycles. The van der Waals surface area contributed by atoms with E-state index in [1.165, 1.54) is 0 Å². The number of piperidine rings is 1. The van der Waals surface area contributed by atoms with Gasteiger partial charge in [-0.2, -0.15) is 0 Å². The maximum Gasteiger partial charge on any atom is 0.307 e. The third kappa shape index (κ3) is 6.08. The van der Waals surface area contributed by atoms with Crippen LogP contribution in [0.5, 0.6) is 5.75 Å². The van der Waals surface area contributed by atoms with Crippen LogP contribution in [0.2, 0.25) is 5.02 Å². The van der Waals surface area contributed by atoms with Gasteiger partial charge >= 0.3 is 5.97 Å². The molecule has 0 aromatic heterocycles. The van der Waals surface area contributed by atoms with E-state index in [1.807, 2.05) is 4.90 Å². The predicted molar refractivity (Wildman–Crippen MR) is 86.8 cm³/mol. The number of carboxylic acid groups (broad SMARTS) is 1. The number of ether oxygens (including phenoxy) is 1. The third-order valence-electron chi connectivity index (χ3n) is 3.71. The monoisotopic (exact) mass is 340 g/mol. The number of hydrogen-bond donors (Lipinski definition) is 2. The average Bonchev–Trinajstić information content (AvgIpc) is 2.52. The van der Waals surface area contributed by atoms with Crippen LogP contribution < -0.4 is 10.1 Å². The second kappa shape index (κ2) is 8.74. The summed E-state index contributed by atoms with van der Waals surface area (Å²) < 4.78 is 5.49. The van der Waals surface area contributed by atoms with Crippen LogP contribution >= 0.6 is 11.6 Å². The number of halogens is 1. The number of carbonyl (C=O) groups is 2. The Labute approximate surface area is 140 Å². The zero-order chi connectivity index (χ0) is 16.7. The number of carboxylic acids is 1. The second-order valence-corrected chi connectivity index (χ2v) is 6.00. The van der Waals surface area contributed by atoms with Gasteiger partial charge in [0.15, 0.2) is 0 Å². The van der Waals surface area contributed by atoms with Crippen molar-refractivity contribution in [2.45, 2.75) is 12.8 Å². The molecule has 0 bridgehead atoms. The van der Waals surface area contributed by atoms with E-state index in [1.54, 1.807) is 24.3 Å². The highest BCUT2D eigenvalue weighted by molar-refractivity contribution is 6.30. The molecule has 2 rings (SSSR count). The van der Waals surface area contributed by atoms with Crippen molar-refractivity contribution >= 4 is 23.5 Å². The van der Waals surface area contributed by atoms with Crippen molar-refractivity contribution in [1.29, 1.82) is 0 Å². The largest absolute Gasteiger partial charge is 0.492 e. The highest BCUT2D eigenvalue weighted by Crippen LogP contribution is 2.17. The average molecular weight is 341 g/mol. The summed E-state index contributed by atoms with van der Waals surface area (Å²) in [6.45, 7) is 2.16. The standard InChI is InChI=1S/C16H21ClN2O4/c17-13-4-1-5-14(9-13)23-8-6-18-15(20)11-19-7-2-3-12(10-19)16(21)22/h1,4-5,9,12H,2-3,6-8,10-11H2,(H,18,20)(H,21,22). The Hall–Kier alpha value is -1.79. The van der Waals surface area contributed by atoms with Crippen molar-refractivity contribution < 1.29 is 19.4 Å². The van der Waals surface area contributed by atoms with Crippen LogP contribution in [0.1, 0.15) is 12.8 Å². The Morgan fingerprint density at radius 1 is 1.43 bits per heavy atom. The Morgan fingerprint density at radius 3 is 3.00 bits per heavy atom. The third-order valence-corrected chi connectivity index (χ3v) is 3.95. The first kappa shape index (κ1) is 17.6. The SMILES string of the molecule is O=C(CN1CCCC(C(=O)O)C1)NCCOc1cccc(Cl)c1. The number of likely N-dealkylation sites (tertiary alicyclic amines) is 1. The van der Waals surface area contributed by atoms with Gasteiger partial charge in [0, 0.05) is 11.6 Å². The van der Waals surface area contributed by atoms with Gasteiger partial charge in [0.1, 0.15) is 12.4 Å². The van der Waals surface area contributed by atoms with Gasteiger partial charge in [-0.15, -0.1) is 0 Å². The Morgan fingerprint density at radius 2 is 2.26 bits per heavy atom. The lowest BCUT2D eigenvalue weighted by Gasteiger charge is -2.29. The van der Waals surface area contributed by atoms with Crippen LogP contribution in [0.4, 0.5) is 0 Å². The lowest BCUT2D eigenvalue weighted by atomic mass is 9.98. The van der Waals surface area contributed by atoms with Crippen molar-refractivity contribution in [1.82, 2.24) is 10.2 Å². The van der Waals surface area contributed by atoms with Crippen molar-refractivity contribution in [3.63, 3.8) is 0 Å². The normalized spacial score (nSPS) is 18.4. The van der Waals surface area contributed by atoms with Gasteiger partial charge in [-0.1, -0.05) is 17.7 Å². The van der Waals surface area contributed by atoms with Crippen molar-refractivity contribution in [3.8, 4) is 5.75 Å². The summed E-state index contributed by atoms with van der Waals surface area (Å²) in [6.07, 6.45) is 1.49. The maximum atomic E-state index is 11.9. The first-order valence-electron chi connectivity index (χ1n) is 7.65. The summed E-state index contributed by atoms with van der Waals surface area (Å²) in [7, 11) is 0. The lowest BCUT2D eigenvalue weighted by Crippen LogP contribution is -2.44. The van der Waals surface area contributed by atoms with Gasteiger partial charge in [-0.3, -0.25) is 14.5 Å². The number of amides is 1. The minimum absolute atomic E-state index is 0.120. The van der Waals surface area contributed by atoms with Crippen LogP contribution in [-0.2, 0) is 9.59 Å². The molecule has 1 aliphatic heterocycles. The van der Waals surface area contributed by atoms with E-state index in [-0.39, 0.29) is 18.4 Å². The molecule has 1 heterocycles. The molecule has 1 saturated heterocycles. The van der Waals surface area contributed by atoms with E-state index < -0.39 is 5.97 Å². The first-order valence-corrected chi connectivity index (χ1v) is 8.02. The molecular weight excluding hydrogens is 320 g/mol. The molecule has 0 aliphatic carbocycles. The van der Waals surface area contributed by atoms with Crippen LogP contribution in [0.25, 0.3) is 0 Å². The lowest BCUT2D eigenvalue weighted by molar-refractivity contribution is -0.144. The summed E-state index contributed by atoms with van der Waals surface area (Å²) in [5, 5.41) is 12.4. The van der Waals surface area contributed by atoms with E-state index in [9.17, 15) is 9.59 Å². The molecule has 6 nitrogen and oxygen atoms in total. The van der Waals surface area contributed by atoms with Crippen molar-refractivity contribution in [2.24, 2.45) is 5.92 Å². The molecule has 1 aromatic rings. The fourth-order valence-electron chi connectivity index (χ4n) is 2.58. The summed E-state index contributed by atoms with van der Waals surface area (Å²) in [4.78, 5) is 24.8. The highest BCUT2D eigenvalue weighted by Gasteiger charge is 2.26. The van der Waals surface area contributed by atoms with E-state index in [2.05, 4.69) is 5.32 Å². The molecular formula is C16H21ClN2O4. The maximum absolute atomic E-state index is 11.9. The Balaban J connectivity index is 1.64. The van der Waals surface area contributed by atoms with E-state index in [0.717, 1.165) is 13.0 Å². The number of nitrogens with one attached hydrogen (secondary N) is 1. The summed E-state index contributed by atoms with van der Waals surface area (Å²) >= 11 is 5.85. The van der Waals surface area contributed by atoms with Gasteiger partial charge < -0.3 is 15.2 Å². The second-order valence-electron chi connectivity index (χ2n) is 5.57. The molecule has 1 aliphatic rings. The quantitative estimate of drug-likeness (QED) is 0.738. The summed E-state index contributed by atoms with van der Waals surface area (Å²) in [5.41, 5.74) is 0. The molecule has 126 valence electrons. The summed E-state index contributed by atoms with van der Waals surface area (Å²) in [5.74, 6) is -0.620. The van der Waals surface area contributed by atoms with E-state index in [0.29, 0.717) is 36.9 Å². The highest BCUT2D eigenvalue weighted by atomic mass is 35.5. The molecule has 1 unspecified atom stereocenters. The zero-order valence-corrected chi connectivity index (χ0v) is 13.6. The fourth-order valence-corrected chi connectivity index (χ4v) is 2.76. The predicted octanol–water partition coefficient (Wildman–Crippen LogP) is 1.63. The number of carbonyl (C=O) groups excluding carboxylic acids is 1. The van der Waals surface area contributed by atoms with E-state index >= 15 is 0 Å². The van der Waals surface area contributed by atoms with Crippen molar-refractivity contribution in [3.05, 3.63) is 29.3 Å². The molecule has 0 radical (unpaired) electrons. The molecule has 23 heavy (non-hydrogen) atoms. The number of nitrogens with zero attached hydrogens (tertiary/aromatic N) is 1. The zero-order valence-electron chi connectivity index (χ0n) is 12.8. The summed E-state index contributed by atoms with van der Waals surface area (Å²) in [6, 6.07) is 7.07. The Bertz CT molecular complexity index is 553. The minimum Gasteiger partial charge on any atom is -0.492 e. The minimum atomic E-state index is -0.787. The topological polar surface area (TPSA) is 78.9 Å². The van der Waals surface area contributed by atoms with Gasteiger partial charge in [0.2, 0.25) is 5.91 Å². The molecule has 1 amide bonds. The van der Waals surface area contributed by atoms with Crippen LogP contribution in [0.3, 0.4) is 0 Å². The molecule has 0 saturated carbocycles. The number of aliphatic carboxylic acids is 1. The first-order chi connectivity index (χ1) is 11.0. The number of benzene rings is 1. The van der Waals surface area contributed by atoms with Crippen molar-refractivity contribution in [2.75, 3.05) is 32.8 Å². The molecule has 0 spiro atoms. The fraction of sp³-hybridized carbons (Fsp3) is 0.500. The van der Waals surface area contributed by atoms with Gasteiger partial charge in [0.25, 0.3) is 0 Å². The van der Waals surface area contributed by atoms with Crippen LogP contribution in [-0.4, -0.2) is 54.7 Å². The smallest absolute Gasteiger partial charge is 0.307 e. The number of hydrogen-bond acceptors (Lipinski definition) is 4. The van der Waals surface area contributed by atoms with Crippen LogP contribution in [0, 0.1) is 5.92 Å².